The molecule has 2 rings (SSSR count). The summed E-state index contributed by atoms with van der Waals surface area (Å²) in [5.74, 6) is 5.65. The van der Waals surface area contributed by atoms with Gasteiger partial charge in [0.15, 0.2) is 0 Å². The first-order valence-electron chi connectivity index (χ1n) is 6.80. The lowest BCUT2D eigenvalue weighted by atomic mass is 10.1. The molecule has 0 aliphatic heterocycles. The summed E-state index contributed by atoms with van der Waals surface area (Å²) in [5.41, 5.74) is 8.02. The van der Waals surface area contributed by atoms with Crippen molar-refractivity contribution in [1.82, 2.24) is 5.32 Å². The number of nitrogens with two attached hydrogens (primary N) is 1. The highest BCUT2D eigenvalue weighted by atomic mass is 32.1. The summed E-state index contributed by atoms with van der Waals surface area (Å²) in [6.07, 6.45) is 0.835. The molecule has 0 aliphatic rings. The number of hydrogen-bond donors (Lipinski definition) is 2. The molecule has 0 bridgehead atoms. The van der Waals surface area contributed by atoms with Gasteiger partial charge in [-0.3, -0.25) is 4.79 Å². The van der Waals surface area contributed by atoms with Crippen LogP contribution in [0, 0.1) is 11.8 Å². The van der Waals surface area contributed by atoms with Crippen molar-refractivity contribution in [2.24, 2.45) is 5.73 Å². The number of hydrogen-bond acceptors (Lipinski definition) is 3. The van der Waals surface area contributed by atoms with Crippen molar-refractivity contribution in [3.8, 4) is 11.8 Å². The van der Waals surface area contributed by atoms with Crippen LogP contribution in [0.4, 0.5) is 0 Å². The third-order valence-electron chi connectivity index (χ3n) is 2.96. The molecule has 3 nitrogen and oxygen atoms in total. The zero-order valence-corrected chi connectivity index (χ0v) is 12.7. The van der Waals surface area contributed by atoms with Crippen LogP contribution in [-0.4, -0.2) is 18.5 Å². The van der Waals surface area contributed by atoms with E-state index in [9.17, 15) is 4.79 Å². The number of rotatable bonds is 4. The van der Waals surface area contributed by atoms with Crippen LogP contribution in [0.1, 0.15) is 28.4 Å². The first kappa shape index (κ1) is 15.3. The summed E-state index contributed by atoms with van der Waals surface area (Å²) >= 11 is 1.67. The van der Waals surface area contributed by atoms with E-state index in [0.29, 0.717) is 12.1 Å². The summed E-state index contributed by atoms with van der Waals surface area (Å²) in [5, 5.41) is 7.16. The fourth-order valence-electron chi connectivity index (χ4n) is 2.01. The first-order chi connectivity index (χ1) is 10.2. The van der Waals surface area contributed by atoms with E-state index in [1.54, 1.807) is 23.5 Å². The molecule has 1 unspecified atom stereocenters. The molecule has 0 aliphatic carbocycles. The van der Waals surface area contributed by atoms with Gasteiger partial charge in [-0.15, -0.1) is 0 Å². The molecule has 0 fully saturated rings. The summed E-state index contributed by atoms with van der Waals surface area (Å²) in [6, 6.07) is 9.45. The monoisotopic (exact) mass is 298 g/mol. The van der Waals surface area contributed by atoms with Gasteiger partial charge in [-0.05, 0) is 53.9 Å². The van der Waals surface area contributed by atoms with E-state index in [4.69, 9.17) is 5.73 Å². The van der Waals surface area contributed by atoms with Crippen molar-refractivity contribution in [2.75, 3.05) is 6.54 Å². The van der Waals surface area contributed by atoms with Crippen molar-refractivity contribution >= 4 is 17.2 Å². The quantitative estimate of drug-likeness (QED) is 0.852. The van der Waals surface area contributed by atoms with Gasteiger partial charge < -0.3 is 11.1 Å². The summed E-state index contributed by atoms with van der Waals surface area (Å²) in [7, 11) is 0. The van der Waals surface area contributed by atoms with Gasteiger partial charge in [0.1, 0.15) is 0 Å². The molecule has 0 saturated heterocycles. The standard InChI is InChI=1S/C17H18N2OS/c1-13(10-15-7-9-21-12-15)19-17(20)16-6-2-4-14(11-16)5-3-8-18/h2,4,6-7,9,11-13H,8,10,18H2,1H3,(H,19,20). The highest BCUT2D eigenvalue weighted by Crippen LogP contribution is 2.09. The predicted octanol–water partition coefficient (Wildman–Crippen LogP) is 2.42. The Labute approximate surface area is 129 Å². The smallest absolute Gasteiger partial charge is 0.251 e. The normalized spacial score (nSPS) is 11.3. The Bertz CT molecular complexity index is 653. The first-order valence-corrected chi connectivity index (χ1v) is 7.74. The number of amides is 1. The van der Waals surface area contributed by atoms with Gasteiger partial charge in [-0.25, -0.2) is 0 Å². The van der Waals surface area contributed by atoms with Crippen molar-refractivity contribution in [3.63, 3.8) is 0 Å². The average molecular weight is 298 g/mol. The highest BCUT2D eigenvalue weighted by Gasteiger charge is 2.10. The third kappa shape index (κ3) is 4.75. The minimum atomic E-state index is -0.0749. The minimum absolute atomic E-state index is 0.0749. The van der Waals surface area contributed by atoms with E-state index in [1.165, 1.54) is 5.56 Å². The maximum absolute atomic E-state index is 12.2. The van der Waals surface area contributed by atoms with E-state index in [0.717, 1.165) is 12.0 Å². The molecule has 1 heterocycles. The molecule has 1 aromatic heterocycles. The van der Waals surface area contributed by atoms with Crippen LogP contribution in [-0.2, 0) is 6.42 Å². The second kappa shape index (κ2) is 7.63. The van der Waals surface area contributed by atoms with Gasteiger partial charge in [0.2, 0.25) is 0 Å². The molecule has 0 spiro atoms. The molecule has 1 aromatic carbocycles. The molecule has 108 valence electrons. The fourth-order valence-corrected chi connectivity index (χ4v) is 2.69. The lowest BCUT2D eigenvalue weighted by Crippen LogP contribution is -2.34. The van der Waals surface area contributed by atoms with Crippen LogP contribution >= 0.6 is 11.3 Å². The molecule has 4 heteroatoms. The van der Waals surface area contributed by atoms with Gasteiger partial charge in [0.05, 0.1) is 6.54 Å². The Morgan fingerprint density at radius 1 is 1.43 bits per heavy atom. The average Bonchev–Trinajstić information content (AvgIpc) is 2.98. The Morgan fingerprint density at radius 2 is 2.29 bits per heavy atom. The largest absolute Gasteiger partial charge is 0.349 e. The third-order valence-corrected chi connectivity index (χ3v) is 3.69. The van der Waals surface area contributed by atoms with Crippen LogP contribution in [0.25, 0.3) is 0 Å². The molecular weight excluding hydrogens is 280 g/mol. The van der Waals surface area contributed by atoms with Gasteiger partial charge in [-0.2, -0.15) is 11.3 Å². The van der Waals surface area contributed by atoms with E-state index >= 15 is 0 Å². The Morgan fingerprint density at radius 3 is 3.00 bits per heavy atom. The fraction of sp³-hybridized carbons (Fsp3) is 0.235. The number of thiophene rings is 1. The maximum atomic E-state index is 12.2. The van der Waals surface area contributed by atoms with Crippen LogP contribution in [0.15, 0.2) is 41.1 Å². The molecule has 0 radical (unpaired) electrons. The topological polar surface area (TPSA) is 55.1 Å². The van der Waals surface area contributed by atoms with Crippen LogP contribution < -0.4 is 11.1 Å². The molecule has 1 amide bonds. The SMILES string of the molecule is CC(Cc1ccsc1)NC(=O)c1cccc(C#CCN)c1. The van der Waals surface area contributed by atoms with E-state index in [-0.39, 0.29) is 11.9 Å². The van der Waals surface area contributed by atoms with Crippen molar-refractivity contribution in [3.05, 3.63) is 57.8 Å². The zero-order chi connectivity index (χ0) is 15.1. The van der Waals surface area contributed by atoms with Crippen molar-refractivity contribution in [1.29, 1.82) is 0 Å². The van der Waals surface area contributed by atoms with Gasteiger partial charge in [0, 0.05) is 17.2 Å². The molecule has 0 saturated carbocycles. The van der Waals surface area contributed by atoms with Crippen LogP contribution in [0.5, 0.6) is 0 Å². The lowest BCUT2D eigenvalue weighted by molar-refractivity contribution is 0.0940. The molecule has 21 heavy (non-hydrogen) atoms. The van der Waals surface area contributed by atoms with Gasteiger partial charge in [0.25, 0.3) is 5.91 Å². The van der Waals surface area contributed by atoms with Crippen LogP contribution in [0.2, 0.25) is 0 Å². The van der Waals surface area contributed by atoms with Gasteiger partial charge >= 0.3 is 0 Å². The molecule has 1 atom stereocenters. The number of carbonyl (C=O) groups excluding carboxylic acids is 1. The summed E-state index contributed by atoms with van der Waals surface area (Å²) < 4.78 is 0. The lowest BCUT2D eigenvalue weighted by Gasteiger charge is -2.13. The highest BCUT2D eigenvalue weighted by molar-refractivity contribution is 7.07. The second-order valence-electron chi connectivity index (χ2n) is 4.80. The minimum Gasteiger partial charge on any atom is -0.349 e. The second-order valence-corrected chi connectivity index (χ2v) is 5.58. The van der Waals surface area contributed by atoms with E-state index in [2.05, 4.69) is 28.6 Å². The van der Waals surface area contributed by atoms with Crippen molar-refractivity contribution < 1.29 is 4.79 Å². The van der Waals surface area contributed by atoms with E-state index in [1.807, 2.05) is 24.4 Å². The zero-order valence-electron chi connectivity index (χ0n) is 11.9. The van der Waals surface area contributed by atoms with E-state index < -0.39 is 0 Å². The van der Waals surface area contributed by atoms with Crippen molar-refractivity contribution in [2.45, 2.75) is 19.4 Å². The summed E-state index contributed by atoms with van der Waals surface area (Å²) in [6.45, 7) is 2.32. The predicted molar refractivity (Wildman–Crippen MR) is 87.3 cm³/mol. The molecule has 2 aromatic rings. The molecular formula is C17H18N2OS. The molecule has 3 N–H and O–H groups in total. The number of carbonyl (C=O) groups is 1. The summed E-state index contributed by atoms with van der Waals surface area (Å²) in [4.78, 5) is 12.2. The number of benzene rings is 1. The maximum Gasteiger partial charge on any atom is 0.251 e. The number of nitrogens with one attached hydrogen (secondary N) is 1. The Hall–Kier alpha value is -2.09. The Kier molecular flexibility index (Phi) is 5.56. The van der Waals surface area contributed by atoms with Gasteiger partial charge in [-0.1, -0.05) is 17.9 Å². The Balaban J connectivity index is 1.99. The van der Waals surface area contributed by atoms with Crippen LogP contribution in [0.3, 0.4) is 0 Å².